The Hall–Kier alpha value is -5.45. The van der Waals surface area contributed by atoms with Crippen LogP contribution in [0.4, 0.5) is 0 Å². The predicted molar refractivity (Wildman–Crippen MR) is 183 cm³/mol. The smallest absolute Gasteiger partial charge is 0.127 e. The Morgan fingerprint density at radius 2 is 1.00 bits per heavy atom. The van der Waals surface area contributed by atoms with Crippen molar-refractivity contribution in [1.82, 2.24) is 14.1 Å². The lowest BCUT2D eigenvalue weighted by molar-refractivity contribution is 1.16. The molecular formula is C39H23N3S. The van der Waals surface area contributed by atoms with E-state index in [2.05, 4.69) is 149 Å². The average molecular weight is 566 g/mol. The Labute approximate surface area is 250 Å². The Bertz CT molecular complexity index is 2730. The zero-order valence-electron chi connectivity index (χ0n) is 23.0. The van der Waals surface area contributed by atoms with Crippen molar-refractivity contribution in [3.8, 4) is 11.4 Å². The zero-order valence-corrected chi connectivity index (χ0v) is 23.8. The van der Waals surface area contributed by atoms with Crippen LogP contribution in [-0.4, -0.2) is 14.1 Å². The Kier molecular flexibility index (Phi) is 4.60. The standard InChI is InChI=1S/C39H23N3S/c1-2-12-24(13-3-1)41-32-19-9-5-14-25(32)27-22-23-28-26-15-6-10-20-33(26)42(38(28)37(27)41)36-29-16-4-8-18-31(29)40-39-35(36)30-17-7-11-21-34(30)43-39/h1-23H. The lowest BCUT2D eigenvalue weighted by Crippen LogP contribution is -2.00. The number of hydrogen-bond acceptors (Lipinski definition) is 2. The molecule has 4 heteroatoms. The number of thiophene rings is 1. The SMILES string of the molecule is c1ccc(-n2c3ccccc3c3ccc4c5ccccc5n(-c5c6ccccc6nc6sc7ccccc7c56)c4c32)cc1. The van der Waals surface area contributed by atoms with Gasteiger partial charge in [0.15, 0.2) is 0 Å². The number of nitrogens with zero attached hydrogens (tertiary/aromatic N) is 3. The van der Waals surface area contributed by atoms with Gasteiger partial charge in [0.2, 0.25) is 0 Å². The van der Waals surface area contributed by atoms with Crippen molar-refractivity contribution < 1.29 is 0 Å². The highest BCUT2D eigenvalue weighted by Crippen LogP contribution is 2.46. The van der Waals surface area contributed by atoms with Gasteiger partial charge in [-0.2, -0.15) is 0 Å². The molecule has 0 bridgehead atoms. The van der Waals surface area contributed by atoms with Gasteiger partial charge < -0.3 is 9.13 Å². The summed E-state index contributed by atoms with van der Waals surface area (Å²) in [5.74, 6) is 0. The van der Waals surface area contributed by atoms with E-state index in [0.29, 0.717) is 0 Å². The summed E-state index contributed by atoms with van der Waals surface area (Å²) in [4.78, 5) is 6.27. The van der Waals surface area contributed by atoms with Crippen molar-refractivity contribution in [2.45, 2.75) is 0 Å². The molecule has 43 heavy (non-hydrogen) atoms. The predicted octanol–water partition coefficient (Wildman–Crippen LogP) is 10.8. The highest BCUT2D eigenvalue weighted by Gasteiger charge is 2.24. The van der Waals surface area contributed by atoms with Crippen LogP contribution in [0.3, 0.4) is 0 Å². The molecule has 10 rings (SSSR count). The minimum atomic E-state index is 1.01. The Morgan fingerprint density at radius 3 is 1.74 bits per heavy atom. The molecule has 0 saturated carbocycles. The highest BCUT2D eigenvalue weighted by molar-refractivity contribution is 7.25. The molecule has 0 amide bonds. The minimum Gasteiger partial charge on any atom is -0.307 e. The second-order valence-corrected chi connectivity index (χ2v) is 12.2. The second kappa shape index (κ2) is 8.54. The largest absolute Gasteiger partial charge is 0.307 e. The van der Waals surface area contributed by atoms with Crippen LogP contribution in [0.25, 0.3) is 86.2 Å². The fourth-order valence-corrected chi connectivity index (χ4v) is 8.25. The summed E-state index contributed by atoms with van der Waals surface area (Å²) in [7, 11) is 0. The lowest BCUT2D eigenvalue weighted by Gasteiger charge is -2.15. The van der Waals surface area contributed by atoms with Gasteiger partial charge in [0.05, 0.1) is 33.3 Å². The Balaban J connectivity index is 1.54. The lowest BCUT2D eigenvalue weighted by atomic mass is 10.1. The zero-order chi connectivity index (χ0) is 28.1. The van der Waals surface area contributed by atoms with Crippen molar-refractivity contribution in [3.05, 3.63) is 140 Å². The fourth-order valence-electron chi connectivity index (χ4n) is 7.17. The molecular weight excluding hydrogens is 543 g/mol. The monoisotopic (exact) mass is 565 g/mol. The van der Waals surface area contributed by atoms with E-state index in [-0.39, 0.29) is 0 Å². The normalized spacial score (nSPS) is 12.2. The van der Waals surface area contributed by atoms with Crippen LogP contribution < -0.4 is 0 Å². The van der Waals surface area contributed by atoms with Crippen LogP contribution in [0.2, 0.25) is 0 Å². The van der Waals surface area contributed by atoms with Crippen LogP contribution in [0, 0.1) is 0 Å². The van der Waals surface area contributed by atoms with E-state index in [9.17, 15) is 0 Å². The summed E-state index contributed by atoms with van der Waals surface area (Å²) >= 11 is 1.78. The summed E-state index contributed by atoms with van der Waals surface area (Å²) in [5.41, 5.74) is 8.20. The van der Waals surface area contributed by atoms with Crippen molar-refractivity contribution in [1.29, 1.82) is 0 Å². The number of aromatic nitrogens is 3. The number of rotatable bonds is 2. The number of hydrogen-bond donors (Lipinski definition) is 0. The molecule has 0 atom stereocenters. The van der Waals surface area contributed by atoms with Gasteiger partial charge in [-0.3, -0.25) is 0 Å². The van der Waals surface area contributed by atoms with Crippen LogP contribution in [-0.2, 0) is 0 Å². The molecule has 0 aliphatic carbocycles. The van der Waals surface area contributed by atoms with Gasteiger partial charge in [-0.05, 0) is 36.4 Å². The molecule has 0 saturated heterocycles. The number of benzene rings is 6. The molecule has 200 valence electrons. The van der Waals surface area contributed by atoms with Gasteiger partial charge in [0.25, 0.3) is 0 Å². The van der Waals surface area contributed by atoms with E-state index in [1.807, 2.05) is 0 Å². The molecule has 0 aliphatic heterocycles. The third kappa shape index (κ3) is 3.05. The van der Waals surface area contributed by atoms with Crippen molar-refractivity contribution >= 4 is 86.2 Å². The Morgan fingerprint density at radius 1 is 0.442 bits per heavy atom. The number of fused-ring (bicyclic) bond motifs is 11. The summed E-state index contributed by atoms with van der Waals surface area (Å²) in [6, 6.07) is 50.4. The first-order valence-electron chi connectivity index (χ1n) is 14.6. The molecule has 3 nitrogen and oxygen atoms in total. The molecule has 0 N–H and O–H groups in total. The maximum absolute atomic E-state index is 5.21. The average Bonchev–Trinajstić information content (AvgIpc) is 3.72. The molecule has 4 heterocycles. The first-order valence-corrected chi connectivity index (χ1v) is 15.4. The van der Waals surface area contributed by atoms with E-state index in [4.69, 9.17) is 4.98 Å². The molecule has 0 unspecified atom stereocenters. The number of para-hydroxylation sites is 4. The van der Waals surface area contributed by atoms with Gasteiger partial charge in [-0.1, -0.05) is 103 Å². The van der Waals surface area contributed by atoms with Crippen LogP contribution in [0.1, 0.15) is 0 Å². The molecule has 0 fully saturated rings. The van der Waals surface area contributed by atoms with Crippen molar-refractivity contribution in [2.75, 3.05) is 0 Å². The molecule has 6 aromatic carbocycles. The first kappa shape index (κ1) is 23.1. The summed E-state index contributed by atoms with van der Waals surface area (Å²) < 4.78 is 6.25. The first-order chi connectivity index (χ1) is 21.4. The van der Waals surface area contributed by atoms with Gasteiger partial charge in [0.1, 0.15) is 4.83 Å². The van der Waals surface area contributed by atoms with E-state index in [1.54, 1.807) is 11.3 Å². The molecule has 0 spiro atoms. The fraction of sp³-hybridized carbons (Fsp3) is 0. The van der Waals surface area contributed by atoms with Gasteiger partial charge in [0, 0.05) is 48.1 Å². The summed E-state index contributed by atoms with van der Waals surface area (Å²) in [6.07, 6.45) is 0. The number of pyridine rings is 1. The quantitative estimate of drug-likeness (QED) is 0.204. The molecule has 0 aliphatic rings. The van der Waals surface area contributed by atoms with Gasteiger partial charge in [-0.15, -0.1) is 11.3 Å². The summed E-state index contributed by atoms with van der Waals surface area (Å²) in [5, 5.41) is 8.61. The maximum Gasteiger partial charge on any atom is 0.127 e. The maximum atomic E-state index is 5.21. The topological polar surface area (TPSA) is 22.8 Å². The van der Waals surface area contributed by atoms with E-state index < -0.39 is 0 Å². The van der Waals surface area contributed by atoms with E-state index in [1.165, 1.54) is 64.8 Å². The molecule has 0 radical (unpaired) electrons. The second-order valence-electron chi connectivity index (χ2n) is 11.2. The third-order valence-corrected chi connectivity index (χ3v) is 9.97. The van der Waals surface area contributed by atoms with Crippen LogP contribution >= 0.6 is 11.3 Å². The highest BCUT2D eigenvalue weighted by atomic mass is 32.1. The third-order valence-electron chi connectivity index (χ3n) is 8.90. The van der Waals surface area contributed by atoms with E-state index >= 15 is 0 Å². The van der Waals surface area contributed by atoms with Crippen LogP contribution in [0.15, 0.2) is 140 Å². The van der Waals surface area contributed by atoms with Gasteiger partial charge >= 0.3 is 0 Å². The van der Waals surface area contributed by atoms with Crippen molar-refractivity contribution in [3.63, 3.8) is 0 Å². The molecule has 10 aromatic rings. The van der Waals surface area contributed by atoms with Crippen molar-refractivity contribution in [2.24, 2.45) is 0 Å². The molecule has 4 aromatic heterocycles. The summed E-state index contributed by atoms with van der Waals surface area (Å²) in [6.45, 7) is 0. The van der Waals surface area contributed by atoms with Gasteiger partial charge in [-0.25, -0.2) is 4.98 Å². The van der Waals surface area contributed by atoms with E-state index in [0.717, 1.165) is 21.4 Å². The minimum absolute atomic E-state index is 1.01. The van der Waals surface area contributed by atoms with Crippen LogP contribution in [0.5, 0.6) is 0 Å².